The average molecular weight is 226 g/mol. The van der Waals surface area contributed by atoms with Gasteiger partial charge in [0, 0.05) is 30.6 Å². The number of ketones is 2. The third kappa shape index (κ3) is 4.17. The van der Waals surface area contributed by atoms with Crippen LogP contribution in [0.25, 0.3) is 0 Å². The minimum Gasteiger partial charge on any atom is -0.300 e. The molecule has 0 amide bonds. The Hall–Kier alpha value is -1.77. The van der Waals surface area contributed by atoms with Crippen LogP contribution in [0.2, 0.25) is 0 Å². The van der Waals surface area contributed by atoms with Gasteiger partial charge in [0.2, 0.25) is 0 Å². The second-order valence-corrected chi connectivity index (χ2v) is 3.80. The van der Waals surface area contributed by atoms with Crippen molar-refractivity contribution in [3.05, 3.63) is 10.1 Å². The zero-order valence-corrected chi connectivity index (χ0v) is 9.36. The number of hydrogen-bond donors (Lipinski definition) is 0. The molecule has 0 spiro atoms. The van der Waals surface area contributed by atoms with Crippen molar-refractivity contribution in [2.24, 2.45) is 0 Å². The van der Waals surface area contributed by atoms with Crippen LogP contribution in [0.4, 0.5) is 0 Å². The lowest BCUT2D eigenvalue weighted by Gasteiger charge is -2.16. The van der Waals surface area contributed by atoms with E-state index in [4.69, 9.17) is 5.26 Å². The normalized spacial score (nSPS) is 10.6. The van der Waals surface area contributed by atoms with Crippen LogP contribution in [0.15, 0.2) is 0 Å². The predicted octanol–water partition coefficient (Wildman–Crippen LogP) is 1.26. The number of carbonyl (C=O) groups excluding carboxylic acids is 2. The monoisotopic (exact) mass is 226 g/mol. The fraction of sp³-hybridized carbons (Fsp3) is 0.700. The van der Waals surface area contributed by atoms with E-state index in [-0.39, 0.29) is 37.2 Å². The summed E-state index contributed by atoms with van der Waals surface area (Å²) in [6, 6.07) is 1.62. The van der Waals surface area contributed by atoms with E-state index in [1.807, 2.05) is 0 Å². The van der Waals surface area contributed by atoms with Crippen LogP contribution < -0.4 is 0 Å². The van der Waals surface area contributed by atoms with E-state index in [1.165, 1.54) is 13.8 Å². The molecule has 0 radical (unpaired) electrons. The molecule has 0 saturated carbocycles. The van der Waals surface area contributed by atoms with Crippen molar-refractivity contribution in [2.75, 3.05) is 0 Å². The highest BCUT2D eigenvalue weighted by molar-refractivity contribution is 5.76. The van der Waals surface area contributed by atoms with E-state index < -0.39 is 10.5 Å². The molecule has 6 nitrogen and oxygen atoms in total. The Morgan fingerprint density at radius 3 is 1.81 bits per heavy atom. The molecule has 0 aliphatic carbocycles. The summed E-state index contributed by atoms with van der Waals surface area (Å²) in [5.41, 5.74) is -1.81. The van der Waals surface area contributed by atoms with E-state index in [2.05, 4.69) is 0 Å². The molecule has 0 aromatic heterocycles. The smallest absolute Gasteiger partial charge is 0.300 e. The molecular weight excluding hydrogens is 212 g/mol. The Balaban J connectivity index is 4.73. The lowest BCUT2D eigenvalue weighted by Crippen LogP contribution is -2.37. The number of rotatable bonds is 7. The molecule has 0 aliphatic heterocycles. The molecule has 0 saturated heterocycles. The van der Waals surface area contributed by atoms with E-state index >= 15 is 0 Å². The quantitative estimate of drug-likeness (QED) is 0.480. The molecule has 16 heavy (non-hydrogen) atoms. The maximum absolute atomic E-state index is 10.8. The largest absolute Gasteiger partial charge is 0.306 e. The first-order chi connectivity index (χ1) is 7.34. The van der Waals surface area contributed by atoms with Crippen molar-refractivity contribution in [3.63, 3.8) is 0 Å². The fourth-order valence-corrected chi connectivity index (χ4v) is 1.23. The van der Waals surface area contributed by atoms with Crippen LogP contribution in [0.3, 0.4) is 0 Å². The first-order valence-electron chi connectivity index (χ1n) is 4.88. The van der Waals surface area contributed by atoms with Crippen molar-refractivity contribution in [1.82, 2.24) is 0 Å². The van der Waals surface area contributed by atoms with Gasteiger partial charge in [0.15, 0.2) is 0 Å². The molecule has 0 heterocycles. The van der Waals surface area contributed by atoms with Gasteiger partial charge < -0.3 is 9.59 Å². The molecule has 88 valence electrons. The van der Waals surface area contributed by atoms with E-state index in [9.17, 15) is 19.7 Å². The van der Waals surface area contributed by atoms with Gasteiger partial charge in [-0.3, -0.25) is 10.1 Å². The molecule has 0 bridgehead atoms. The number of Topliss-reactive ketones (excluding diaryl/α,β-unsaturated/α-hetero) is 2. The zero-order valence-electron chi connectivity index (χ0n) is 9.36. The summed E-state index contributed by atoms with van der Waals surface area (Å²) >= 11 is 0. The van der Waals surface area contributed by atoms with E-state index in [0.717, 1.165) is 0 Å². The summed E-state index contributed by atoms with van der Waals surface area (Å²) in [5.74, 6) is -0.409. The molecule has 0 unspecified atom stereocenters. The molecule has 6 heteroatoms. The third-order valence-electron chi connectivity index (χ3n) is 2.34. The zero-order chi connectivity index (χ0) is 12.8. The summed E-state index contributed by atoms with van der Waals surface area (Å²) in [5, 5.41) is 19.7. The average Bonchev–Trinajstić information content (AvgIpc) is 2.17. The van der Waals surface area contributed by atoms with Crippen molar-refractivity contribution < 1.29 is 14.5 Å². The van der Waals surface area contributed by atoms with Gasteiger partial charge in [-0.25, -0.2) is 0 Å². The number of carbonyl (C=O) groups is 2. The standard InChI is InChI=1S/C10H14N2O4/c1-8(13)3-5-10(7-11,12(15)16)6-4-9(2)14/h3-6H2,1-2H3. The molecule has 0 fully saturated rings. The van der Waals surface area contributed by atoms with Gasteiger partial charge in [-0.05, 0) is 13.8 Å². The topological polar surface area (TPSA) is 101 Å². The molecule has 0 aromatic rings. The summed E-state index contributed by atoms with van der Waals surface area (Å²) in [4.78, 5) is 31.7. The number of nitro groups is 1. The van der Waals surface area contributed by atoms with Crippen LogP contribution in [0.5, 0.6) is 0 Å². The minimum atomic E-state index is -1.81. The van der Waals surface area contributed by atoms with Crippen LogP contribution in [0, 0.1) is 21.4 Å². The highest BCUT2D eigenvalue weighted by Gasteiger charge is 2.42. The summed E-state index contributed by atoms with van der Waals surface area (Å²) in [7, 11) is 0. The number of nitriles is 1. The lowest BCUT2D eigenvalue weighted by atomic mass is 9.89. The predicted molar refractivity (Wildman–Crippen MR) is 55.2 cm³/mol. The van der Waals surface area contributed by atoms with E-state index in [0.29, 0.717) is 0 Å². The van der Waals surface area contributed by atoms with Crippen LogP contribution >= 0.6 is 0 Å². The Labute approximate surface area is 93.4 Å². The van der Waals surface area contributed by atoms with Gasteiger partial charge in [-0.15, -0.1) is 0 Å². The Kier molecular flexibility index (Phi) is 5.30. The van der Waals surface area contributed by atoms with Gasteiger partial charge >= 0.3 is 5.54 Å². The van der Waals surface area contributed by atoms with Gasteiger partial charge in [-0.2, -0.15) is 5.26 Å². The third-order valence-corrected chi connectivity index (χ3v) is 2.34. The molecule has 0 aromatic carbocycles. The Morgan fingerprint density at radius 1 is 1.25 bits per heavy atom. The Bertz CT molecular complexity index is 325. The van der Waals surface area contributed by atoms with Crippen LogP contribution in [0.1, 0.15) is 39.5 Å². The first kappa shape index (κ1) is 14.2. The molecule has 0 N–H and O–H groups in total. The summed E-state index contributed by atoms with van der Waals surface area (Å²) in [6.07, 6.45) is -0.322. The molecule has 0 atom stereocenters. The highest BCUT2D eigenvalue weighted by Crippen LogP contribution is 2.23. The maximum atomic E-state index is 10.8. The van der Waals surface area contributed by atoms with Crippen LogP contribution in [-0.2, 0) is 9.59 Å². The lowest BCUT2D eigenvalue weighted by molar-refractivity contribution is -0.554. The summed E-state index contributed by atoms with van der Waals surface area (Å²) < 4.78 is 0. The van der Waals surface area contributed by atoms with Gasteiger partial charge in [0.25, 0.3) is 0 Å². The van der Waals surface area contributed by atoms with E-state index in [1.54, 1.807) is 6.07 Å². The maximum Gasteiger partial charge on any atom is 0.306 e. The minimum absolute atomic E-state index is 0.0214. The number of hydrogen-bond acceptors (Lipinski definition) is 5. The highest BCUT2D eigenvalue weighted by atomic mass is 16.6. The molecule has 0 rings (SSSR count). The van der Waals surface area contributed by atoms with Crippen LogP contribution in [-0.4, -0.2) is 22.0 Å². The second kappa shape index (κ2) is 5.95. The molecular formula is C10H14N2O4. The van der Waals surface area contributed by atoms with Crippen molar-refractivity contribution in [1.29, 1.82) is 5.26 Å². The van der Waals surface area contributed by atoms with Gasteiger partial charge in [-0.1, -0.05) is 0 Å². The molecule has 0 aliphatic rings. The first-order valence-corrected chi connectivity index (χ1v) is 4.88. The SMILES string of the molecule is CC(=O)CCC(C#N)(CCC(C)=O)[N+](=O)[O-]. The Morgan fingerprint density at radius 2 is 1.62 bits per heavy atom. The van der Waals surface area contributed by atoms with Crippen molar-refractivity contribution in [3.8, 4) is 6.07 Å². The van der Waals surface area contributed by atoms with Gasteiger partial charge in [0.05, 0.1) is 0 Å². The second-order valence-electron chi connectivity index (χ2n) is 3.80. The van der Waals surface area contributed by atoms with Crippen molar-refractivity contribution >= 4 is 11.6 Å². The summed E-state index contributed by atoms with van der Waals surface area (Å²) in [6.45, 7) is 2.63. The fourth-order valence-electron chi connectivity index (χ4n) is 1.23. The number of nitrogens with zero attached hydrogens (tertiary/aromatic N) is 2. The van der Waals surface area contributed by atoms with Crippen molar-refractivity contribution in [2.45, 2.75) is 45.1 Å². The van der Waals surface area contributed by atoms with Gasteiger partial charge in [0.1, 0.15) is 17.6 Å².